The molecule has 1 aromatic heterocycles. The normalized spacial score (nSPS) is 13.1. The average molecular weight is 223 g/mol. The minimum atomic E-state index is 0.0276. The van der Waals surface area contributed by atoms with Gasteiger partial charge < -0.3 is 10.8 Å². The van der Waals surface area contributed by atoms with Crippen molar-refractivity contribution in [1.29, 1.82) is 0 Å². The van der Waals surface area contributed by atoms with E-state index >= 15 is 0 Å². The van der Waals surface area contributed by atoms with Gasteiger partial charge in [0.25, 0.3) is 0 Å². The van der Waals surface area contributed by atoms with E-state index in [1.807, 2.05) is 32.2 Å². The molecule has 0 aromatic carbocycles. The van der Waals surface area contributed by atoms with Gasteiger partial charge in [-0.1, -0.05) is 6.07 Å². The topological polar surface area (TPSA) is 62.4 Å². The molecule has 3 N–H and O–H groups in total. The molecule has 1 rings (SSSR count). The average Bonchev–Trinajstić information content (AvgIpc) is 2.17. The highest BCUT2D eigenvalue weighted by molar-refractivity contribution is 5.09. The molecule has 1 heterocycles. The molecular formula is C12H21N3O. The fraction of sp³-hybridized carbons (Fsp3) is 0.583. The maximum Gasteiger partial charge on any atom is 0.0547 e. The molecule has 4 nitrogen and oxygen atoms in total. The van der Waals surface area contributed by atoms with Gasteiger partial charge in [0.15, 0.2) is 0 Å². The molecule has 90 valence electrons. The van der Waals surface area contributed by atoms with Crippen LogP contribution in [-0.4, -0.2) is 41.2 Å². The van der Waals surface area contributed by atoms with Crippen molar-refractivity contribution in [3.63, 3.8) is 0 Å². The Morgan fingerprint density at radius 1 is 1.50 bits per heavy atom. The van der Waals surface area contributed by atoms with Crippen LogP contribution in [0.1, 0.15) is 17.8 Å². The Morgan fingerprint density at radius 3 is 2.88 bits per heavy atom. The number of nitrogens with zero attached hydrogens (tertiary/aromatic N) is 2. The van der Waals surface area contributed by atoms with Gasteiger partial charge in [0, 0.05) is 31.4 Å². The number of aliphatic hydroxyl groups is 1. The number of nitrogens with two attached hydrogens (primary N) is 1. The number of aliphatic hydroxyl groups excluding tert-OH is 1. The Hall–Kier alpha value is -0.970. The molecule has 0 radical (unpaired) electrons. The number of likely N-dealkylation sites (N-methyl/N-ethyl adjacent to an activating group) is 1. The third kappa shape index (κ3) is 4.70. The van der Waals surface area contributed by atoms with Crippen molar-refractivity contribution in [3.8, 4) is 0 Å². The minimum Gasteiger partial charge on any atom is -0.396 e. The van der Waals surface area contributed by atoms with Crippen molar-refractivity contribution in [2.24, 2.45) is 5.73 Å². The zero-order valence-electron chi connectivity index (χ0n) is 10.1. The number of aryl methyl sites for hydroxylation is 1. The summed E-state index contributed by atoms with van der Waals surface area (Å²) in [5.74, 6) is 0. The van der Waals surface area contributed by atoms with Gasteiger partial charge in [-0.05, 0) is 32.5 Å². The number of hydrogen-bond donors (Lipinski definition) is 2. The van der Waals surface area contributed by atoms with Crippen LogP contribution >= 0.6 is 0 Å². The summed E-state index contributed by atoms with van der Waals surface area (Å²) in [6, 6.07) is 6.04. The molecule has 1 aromatic rings. The molecule has 0 aliphatic heterocycles. The quantitative estimate of drug-likeness (QED) is 0.738. The molecular weight excluding hydrogens is 202 g/mol. The molecule has 1 atom stereocenters. The maximum atomic E-state index is 8.76. The lowest BCUT2D eigenvalue weighted by Gasteiger charge is -2.20. The predicted molar refractivity (Wildman–Crippen MR) is 65.0 cm³/mol. The number of hydrogen-bond acceptors (Lipinski definition) is 4. The minimum absolute atomic E-state index is 0.0276. The maximum absolute atomic E-state index is 8.76. The van der Waals surface area contributed by atoms with Crippen molar-refractivity contribution < 1.29 is 5.11 Å². The molecule has 0 aliphatic carbocycles. The Kier molecular flexibility index (Phi) is 5.38. The standard InChI is InChI=1S/C12H21N3O/c1-10-4-3-5-12(14-10)9-15(2)8-11(13)6-7-16/h3-5,11,16H,6-9,13H2,1-2H3. The zero-order chi connectivity index (χ0) is 12.0. The molecule has 0 aliphatic rings. The third-order valence-electron chi connectivity index (χ3n) is 2.42. The SMILES string of the molecule is Cc1cccc(CN(C)CC(N)CCO)n1. The highest BCUT2D eigenvalue weighted by Crippen LogP contribution is 2.02. The lowest BCUT2D eigenvalue weighted by atomic mass is 10.2. The summed E-state index contributed by atoms with van der Waals surface area (Å²) >= 11 is 0. The first-order chi connectivity index (χ1) is 7.61. The molecule has 4 heteroatoms. The van der Waals surface area contributed by atoms with E-state index in [1.54, 1.807) is 0 Å². The lowest BCUT2D eigenvalue weighted by Crippen LogP contribution is -2.35. The fourth-order valence-electron chi connectivity index (χ4n) is 1.69. The van der Waals surface area contributed by atoms with Crippen LogP contribution in [0, 0.1) is 6.92 Å². The summed E-state index contributed by atoms with van der Waals surface area (Å²) in [6.45, 7) is 3.70. The summed E-state index contributed by atoms with van der Waals surface area (Å²) in [5, 5.41) is 8.76. The second-order valence-corrected chi connectivity index (χ2v) is 4.24. The molecule has 0 amide bonds. The fourth-order valence-corrected chi connectivity index (χ4v) is 1.69. The smallest absolute Gasteiger partial charge is 0.0547 e. The van der Waals surface area contributed by atoms with E-state index in [9.17, 15) is 0 Å². The summed E-state index contributed by atoms with van der Waals surface area (Å²) < 4.78 is 0. The van der Waals surface area contributed by atoms with Gasteiger partial charge in [0.2, 0.25) is 0 Å². The molecule has 1 unspecified atom stereocenters. The Balaban J connectivity index is 2.42. The van der Waals surface area contributed by atoms with Crippen LogP contribution < -0.4 is 5.73 Å². The lowest BCUT2D eigenvalue weighted by molar-refractivity contribution is 0.243. The van der Waals surface area contributed by atoms with Gasteiger partial charge in [0.05, 0.1) is 5.69 Å². The summed E-state index contributed by atoms with van der Waals surface area (Å²) in [6.07, 6.45) is 0.644. The zero-order valence-corrected chi connectivity index (χ0v) is 10.1. The monoisotopic (exact) mass is 223 g/mol. The largest absolute Gasteiger partial charge is 0.396 e. The third-order valence-corrected chi connectivity index (χ3v) is 2.42. The highest BCUT2D eigenvalue weighted by atomic mass is 16.3. The van der Waals surface area contributed by atoms with Gasteiger partial charge in [-0.25, -0.2) is 0 Å². The molecule has 0 saturated heterocycles. The van der Waals surface area contributed by atoms with Crippen molar-refractivity contribution in [1.82, 2.24) is 9.88 Å². The van der Waals surface area contributed by atoms with Crippen LogP contribution in [0.2, 0.25) is 0 Å². The van der Waals surface area contributed by atoms with Crippen LogP contribution in [0.15, 0.2) is 18.2 Å². The van der Waals surface area contributed by atoms with Gasteiger partial charge >= 0.3 is 0 Å². The van der Waals surface area contributed by atoms with Crippen molar-refractivity contribution in [2.75, 3.05) is 20.2 Å². The van der Waals surface area contributed by atoms with Crippen molar-refractivity contribution >= 4 is 0 Å². The number of aromatic nitrogens is 1. The van der Waals surface area contributed by atoms with E-state index in [0.717, 1.165) is 24.5 Å². The molecule has 0 bridgehead atoms. The van der Waals surface area contributed by atoms with E-state index in [-0.39, 0.29) is 12.6 Å². The van der Waals surface area contributed by atoms with Crippen LogP contribution in [0.4, 0.5) is 0 Å². The van der Waals surface area contributed by atoms with Crippen molar-refractivity contribution in [3.05, 3.63) is 29.6 Å². The van der Waals surface area contributed by atoms with Gasteiger partial charge in [-0.3, -0.25) is 9.88 Å². The van der Waals surface area contributed by atoms with E-state index in [4.69, 9.17) is 10.8 Å². The molecule has 0 saturated carbocycles. The van der Waals surface area contributed by atoms with Gasteiger partial charge in [0.1, 0.15) is 0 Å². The first-order valence-electron chi connectivity index (χ1n) is 5.59. The number of pyridine rings is 1. The Bertz CT molecular complexity index is 317. The molecule has 16 heavy (non-hydrogen) atoms. The summed E-state index contributed by atoms with van der Waals surface area (Å²) in [5.41, 5.74) is 7.93. The van der Waals surface area contributed by atoms with Crippen LogP contribution in [-0.2, 0) is 6.54 Å². The van der Waals surface area contributed by atoms with E-state index in [0.29, 0.717) is 6.42 Å². The van der Waals surface area contributed by atoms with Gasteiger partial charge in [-0.15, -0.1) is 0 Å². The summed E-state index contributed by atoms with van der Waals surface area (Å²) in [4.78, 5) is 6.56. The van der Waals surface area contributed by atoms with Crippen LogP contribution in [0.25, 0.3) is 0 Å². The molecule has 0 spiro atoms. The summed E-state index contributed by atoms with van der Waals surface area (Å²) in [7, 11) is 2.02. The molecule has 0 fully saturated rings. The predicted octanol–water partition coefficient (Wildman–Crippen LogP) is 0.532. The second-order valence-electron chi connectivity index (χ2n) is 4.24. The van der Waals surface area contributed by atoms with Gasteiger partial charge in [-0.2, -0.15) is 0 Å². The second kappa shape index (κ2) is 6.58. The van der Waals surface area contributed by atoms with E-state index in [2.05, 4.69) is 9.88 Å². The van der Waals surface area contributed by atoms with Crippen LogP contribution in [0.3, 0.4) is 0 Å². The van der Waals surface area contributed by atoms with Crippen LogP contribution in [0.5, 0.6) is 0 Å². The first kappa shape index (κ1) is 13.1. The van der Waals surface area contributed by atoms with E-state index in [1.165, 1.54) is 0 Å². The highest BCUT2D eigenvalue weighted by Gasteiger charge is 2.07. The first-order valence-corrected chi connectivity index (χ1v) is 5.59. The van der Waals surface area contributed by atoms with E-state index < -0.39 is 0 Å². The van der Waals surface area contributed by atoms with Crippen molar-refractivity contribution in [2.45, 2.75) is 25.9 Å². The Labute approximate surface area is 97.1 Å². The number of rotatable bonds is 6. The Morgan fingerprint density at radius 2 is 2.25 bits per heavy atom.